The second kappa shape index (κ2) is 6.08. The van der Waals surface area contributed by atoms with Gasteiger partial charge >= 0.3 is 0 Å². The highest BCUT2D eigenvalue weighted by Gasteiger charge is 2.16. The first kappa shape index (κ1) is 15.6. The van der Waals surface area contributed by atoms with E-state index in [1.165, 1.54) is 12.1 Å². The summed E-state index contributed by atoms with van der Waals surface area (Å²) in [6.45, 7) is 1.99. The Balaban J connectivity index is 2.34. The Kier molecular flexibility index (Phi) is 4.13. The van der Waals surface area contributed by atoms with Crippen molar-refractivity contribution in [2.75, 3.05) is 0 Å². The minimum absolute atomic E-state index is 0.0346. The summed E-state index contributed by atoms with van der Waals surface area (Å²) in [6, 6.07) is 9.48. The Morgan fingerprint density at radius 1 is 1.13 bits per heavy atom. The van der Waals surface area contributed by atoms with Crippen LogP contribution in [0, 0.1) is 0 Å². The number of phenols is 2. The van der Waals surface area contributed by atoms with Crippen LogP contribution in [-0.4, -0.2) is 10.2 Å². The molecule has 2 aromatic carbocycles. The van der Waals surface area contributed by atoms with Crippen LogP contribution < -0.4 is 5.43 Å². The minimum atomic E-state index is -0.136. The minimum Gasteiger partial charge on any atom is -0.508 e. The molecule has 4 nitrogen and oxygen atoms in total. The summed E-state index contributed by atoms with van der Waals surface area (Å²) in [5, 5.41) is 19.6. The van der Waals surface area contributed by atoms with E-state index in [-0.39, 0.29) is 16.9 Å². The summed E-state index contributed by atoms with van der Waals surface area (Å²) >= 11 is 3.28. The molecule has 0 aliphatic carbocycles. The summed E-state index contributed by atoms with van der Waals surface area (Å²) in [5.74, 6) is 0.655. The number of fused-ring (bicyclic) bond motifs is 1. The summed E-state index contributed by atoms with van der Waals surface area (Å²) in [5.41, 5.74) is 1.57. The summed E-state index contributed by atoms with van der Waals surface area (Å²) < 4.78 is 6.48. The van der Waals surface area contributed by atoms with Gasteiger partial charge in [-0.05, 0) is 58.7 Å². The first-order chi connectivity index (χ1) is 11.0. The molecule has 0 bridgehead atoms. The standard InChI is InChI=1S/C18H15BrO4/c1-2-3-12-17(22)13-9-11(20)5-7-16(13)23-18(12)10-4-6-15(21)14(19)8-10/h4-9,20-21H,2-3H2,1H3. The molecule has 0 radical (unpaired) electrons. The van der Waals surface area contributed by atoms with Gasteiger partial charge in [-0.15, -0.1) is 0 Å². The van der Waals surface area contributed by atoms with Crippen LogP contribution in [0.5, 0.6) is 11.5 Å². The molecule has 0 amide bonds. The van der Waals surface area contributed by atoms with Crippen molar-refractivity contribution in [2.45, 2.75) is 19.8 Å². The van der Waals surface area contributed by atoms with Crippen LogP contribution in [0.15, 0.2) is 50.1 Å². The van der Waals surface area contributed by atoms with Crippen LogP contribution in [0.1, 0.15) is 18.9 Å². The monoisotopic (exact) mass is 374 g/mol. The lowest BCUT2D eigenvalue weighted by molar-refractivity contribution is 0.471. The Morgan fingerprint density at radius 3 is 2.61 bits per heavy atom. The highest BCUT2D eigenvalue weighted by atomic mass is 79.9. The molecule has 0 saturated carbocycles. The van der Waals surface area contributed by atoms with Crippen LogP contribution in [-0.2, 0) is 6.42 Å². The lowest BCUT2D eigenvalue weighted by atomic mass is 10.0. The zero-order chi connectivity index (χ0) is 16.6. The fourth-order valence-electron chi connectivity index (χ4n) is 2.58. The van der Waals surface area contributed by atoms with E-state index in [0.29, 0.717) is 38.7 Å². The molecule has 0 saturated heterocycles. The average Bonchev–Trinajstić information content (AvgIpc) is 2.53. The van der Waals surface area contributed by atoms with Gasteiger partial charge in [-0.1, -0.05) is 13.3 Å². The highest BCUT2D eigenvalue weighted by molar-refractivity contribution is 9.10. The Labute approximate surface area is 141 Å². The topological polar surface area (TPSA) is 70.7 Å². The van der Waals surface area contributed by atoms with E-state index in [2.05, 4.69) is 15.9 Å². The van der Waals surface area contributed by atoms with E-state index in [1.54, 1.807) is 24.3 Å². The quantitative estimate of drug-likeness (QED) is 0.703. The Bertz CT molecular complexity index is 944. The third-order valence-corrected chi connectivity index (χ3v) is 4.31. The molecule has 1 heterocycles. The Morgan fingerprint density at radius 2 is 1.91 bits per heavy atom. The molecule has 0 aliphatic rings. The van der Waals surface area contributed by atoms with Gasteiger partial charge < -0.3 is 14.6 Å². The van der Waals surface area contributed by atoms with Crippen molar-refractivity contribution in [1.29, 1.82) is 0 Å². The summed E-state index contributed by atoms with van der Waals surface area (Å²) in [4.78, 5) is 12.8. The molecule has 2 N–H and O–H groups in total. The molecule has 3 rings (SSSR count). The third-order valence-electron chi connectivity index (χ3n) is 3.68. The zero-order valence-corrected chi connectivity index (χ0v) is 14.1. The Hall–Kier alpha value is -2.27. The normalized spacial score (nSPS) is 11.0. The lowest BCUT2D eigenvalue weighted by Crippen LogP contribution is -2.11. The lowest BCUT2D eigenvalue weighted by Gasteiger charge is -2.10. The molecular weight excluding hydrogens is 360 g/mol. The summed E-state index contributed by atoms with van der Waals surface area (Å²) in [7, 11) is 0. The van der Waals surface area contributed by atoms with Gasteiger partial charge in [-0.2, -0.15) is 0 Å². The van der Waals surface area contributed by atoms with E-state index in [4.69, 9.17) is 4.42 Å². The van der Waals surface area contributed by atoms with Gasteiger partial charge in [0.15, 0.2) is 5.43 Å². The van der Waals surface area contributed by atoms with Crippen molar-refractivity contribution in [3.8, 4) is 22.8 Å². The van der Waals surface area contributed by atoms with Gasteiger partial charge in [0.25, 0.3) is 0 Å². The molecule has 0 aliphatic heterocycles. The third kappa shape index (κ3) is 2.84. The van der Waals surface area contributed by atoms with Gasteiger partial charge in [0.05, 0.1) is 9.86 Å². The second-order valence-electron chi connectivity index (χ2n) is 5.34. The predicted octanol–water partition coefficient (Wildman–Crippen LogP) is 4.59. The molecule has 23 heavy (non-hydrogen) atoms. The van der Waals surface area contributed by atoms with Crippen molar-refractivity contribution in [1.82, 2.24) is 0 Å². The molecule has 1 aromatic heterocycles. The molecule has 118 valence electrons. The molecule has 5 heteroatoms. The number of benzene rings is 2. The van der Waals surface area contributed by atoms with Crippen molar-refractivity contribution < 1.29 is 14.6 Å². The fraction of sp³-hybridized carbons (Fsp3) is 0.167. The van der Waals surface area contributed by atoms with E-state index >= 15 is 0 Å². The van der Waals surface area contributed by atoms with Crippen LogP contribution in [0.3, 0.4) is 0 Å². The summed E-state index contributed by atoms with van der Waals surface area (Å²) in [6.07, 6.45) is 1.36. The number of hydrogen-bond acceptors (Lipinski definition) is 4. The zero-order valence-electron chi connectivity index (χ0n) is 12.5. The van der Waals surface area contributed by atoms with Crippen LogP contribution in [0.2, 0.25) is 0 Å². The molecule has 0 spiro atoms. The first-order valence-electron chi connectivity index (χ1n) is 7.29. The number of phenolic OH excluding ortho intramolecular Hbond substituents is 2. The van der Waals surface area contributed by atoms with Gasteiger partial charge in [-0.3, -0.25) is 4.79 Å². The van der Waals surface area contributed by atoms with Crippen molar-refractivity contribution in [2.24, 2.45) is 0 Å². The van der Waals surface area contributed by atoms with Crippen molar-refractivity contribution in [3.05, 3.63) is 56.7 Å². The van der Waals surface area contributed by atoms with E-state index in [9.17, 15) is 15.0 Å². The number of hydrogen-bond donors (Lipinski definition) is 2. The average molecular weight is 375 g/mol. The predicted molar refractivity (Wildman–Crippen MR) is 92.9 cm³/mol. The van der Waals surface area contributed by atoms with Crippen molar-refractivity contribution >= 4 is 26.9 Å². The second-order valence-corrected chi connectivity index (χ2v) is 6.19. The van der Waals surface area contributed by atoms with Gasteiger partial charge in [-0.25, -0.2) is 0 Å². The molecule has 0 fully saturated rings. The fourth-order valence-corrected chi connectivity index (χ4v) is 2.96. The van der Waals surface area contributed by atoms with Gasteiger partial charge in [0.2, 0.25) is 0 Å². The van der Waals surface area contributed by atoms with Gasteiger partial charge in [0.1, 0.15) is 22.8 Å². The molecule has 3 aromatic rings. The van der Waals surface area contributed by atoms with E-state index in [1.807, 2.05) is 6.92 Å². The molecule has 0 atom stereocenters. The maximum Gasteiger partial charge on any atom is 0.196 e. The SMILES string of the molecule is CCCc1c(-c2ccc(O)c(Br)c2)oc2ccc(O)cc2c1=O. The van der Waals surface area contributed by atoms with Crippen LogP contribution in [0.25, 0.3) is 22.3 Å². The first-order valence-corrected chi connectivity index (χ1v) is 8.08. The number of rotatable bonds is 3. The van der Waals surface area contributed by atoms with Crippen LogP contribution in [0.4, 0.5) is 0 Å². The van der Waals surface area contributed by atoms with E-state index in [0.717, 1.165) is 6.42 Å². The largest absolute Gasteiger partial charge is 0.508 e. The number of halogens is 1. The maximum atomic E-state index is 12.8. The molecular formula is C18H15BrO4. The van der Waals surface area contributed by atoms with Gasteiger partial charge in [0, 0.05) is 11.1 Å². The van der Waals surface area contributed by atoms with Crippen LogP contribution >= 0.6 is 15.9 Å². The van der Waals surface area contributed by atoms with Crippen molar-refractivity contribution in [3.63, 3.8) is 0 Å². The molecule has 0 unspecified atom stereocenters. The maximum absolute atomic E-state index is 12.8. The highest BCUT2D eigenvalue weighted by Crippen LogP contribution is 2.33. The van der Waals surface area contributed by atoms with E-state index < -0.39 is 0 Å². The number of aromatic hydroxyl groups is 2. The smallest absolute Gasteiger partial charge is 0.196 e.